The van der Waals surface area contributed by atoms with Crippen LogP contribution in [0.25, 0.3) is 0 Å². The van der Waals surface area contributed by atoms with Crippen LogP contribution in [0.5, 0.6) is 0 Å². The van der Waals surface area contributed by atoms with Crippen molar-refractivity contribution in [2.45, 2.75) is 17.7 Å². The van der Waals surface area contributed by atoms with Gasteiger partial charge in [-0.1, -0.05) is 18.2 Å². The van der Waals surface area contributed by atoms with Crippen molar-refractivity contribution in [3.8, 4) is 0 Å². The number of aromatic nitrogens is 1. The smallest absolute Gasteiger partial charge is 0.265 e. The maximum absolute atomic E-state index is 12.7. The number of pyridine rings is 1. The van der Waals surface area contributed by atoms with Gasteiger partial charge < -0.3 is 5.73 Å². The van der Waals surface area contributed by atoms with E-state index in [1.54, 1.807) is 0 Å². The molecule has 1 aliphatic rings. The van der Waals surface area contributed by atoms with Gasteiger partial charge in [-0.2, -0.15) is 0 Å². The molecule has 0 amide bonds. The van der Waals surface area contributed by atoms with Gasteiger partial charge in [0.25, 0.3) is 10.0 Å². The summed E-state index contributed by atoms with van der Waals surface area (Å²) in [6.45, 7) is 0.480. The summed E-state index contributed by atoms with van der Waals surface area (Å²) in [5.41, 5.74) is 7.78. The molecule has 0 radical (unpaired) electrons. The van der Waals surface area contributed by atoms with Crippen molar-refractivity contribution in [3.63, 3.8) is 0 Å². The predicted octanol–water partition coefficient (Wildman–Crippen LogP) is 1.81. The number of hydrogen-bond donors (Lipinski definition) is 1. The number of rotatable bonds is 2. The van der Waals surface area contributed by atoms with Crippen LogP contribution in [0.1, 0.15) is 12.0 Å². The number of benzene rings is 1. The van der Waals surface area contributed by atoms with Gasteiger partial charge in [0.2, 0.25) is 0 Å². The second kappa shape index (κ2) is 4.79. The molecule has 1 aliphatic heterocycles. The summed E-state index contributed by atoms with van der Waals surface area (Å²) in [7, 11) is -3.61. The Morgan fingerprint density at radius 2 is 2.00 bits per heavy atom. The van der Waals surface area contributed by atoms with Gasteiger partial charge in [-0.3, -0.25) is 9.29 Å². The van der Waals surface area contributed by atoms with E-state index < -0.39 is 10.0 Å². The van der Waals surface area contributed by atoms with Crippen LogP contribution in [-0.2, 0) is 16.4 Å². The zero-order valence-corrected chi connectivity index (χ0v) is 11.7. The summed E-state index contributed by atoms with van der Waals surface area (Å²) in [6.07, 6.45) is 4.48. The van der Waals surface area contributed by atoms with Crippen LogP contribution in [0.2, 0.25) is 0 Å². The summed E-state index contributed by atoms with van der Waals surface area (Å²) in [6, 6.07) is 9.03. The summed E-state index contributed by atoms with van der Waals surface area (Å²) < 4.78 is 26.9. The average Bonchev–Trinajstić information content (AvgIpc) is 2.46. The number of anilines is 2. The maximum Gasteiger partial charge on any atom is 0.265 e. The van der Waals surface area contributed by atoms with Gasteiger partial charge >= 0.3 is 0 Å². The number of nitrogens with zero attached hydrogens (tertiary/aromatic N) is 2. The highest BCUT2D eigenvalue weighted by molar-refractivity contribution is 7.92. The number of nitrogen functional groups attached to an aromatic ring is 1. The molecule has 1 aromatic carbocycles. The molecule has 0 aliphatic carbocycles. The van der Waals surface area contributed by atoms with E-state index in [9.17, 15) is 8.42 Å². The van der Waals surface area contributed by atoms with Crippen molar-refractivity contribution < 1.29 is 8.42 Å². The Hall–Kier alpha value is -2.08. The molecular formula is C14H15N3O2S. The van der Waals surface area contributed by atoms with Crippen molar-refractivity contribution in [2.75, 3.05) is 16.6 Å². The molecule has 0 saturated carbocycles. The first kappa shape index (κ1) is 12.9. The van der Waals surface area contributed by atoms with Gasteiger partial charge in [0, 0.05) is 18.9 Å². The Balaban J connectivity index is 2.10. The highest BCUT2D eigenvalue weighted by atomic mass is 32.2. The number of hydrogen-bond acceptors (Lipinski definition) is 4. The molecule has 2 N–H and O–H groups in total. The number of fused-ring (bicyclic) bond motifs is 1. The highest BCUT2D eigenvalue weighted by Crippen LogP contribution is 2.31. The van der Waals surface area contributed by atoms with Crippen LogP contribution in [0.15, 0.2) is 47.6 Å². The van der Waals surface area contributed by atoms with E-state index in [0.29, 0.717) is 12.2 Å². The van der Waals surface area contributed by atoms with Gasteiger partial charge in [-0.15, -0.1) is 0 Å². The molecule has 0 spiro atoms. The van der Waals surface area contributed by atoms with Crippen molar-refractivity contribution in [2.24, 2.45) is 0 Å². The molecule has 6 heteroatoms. The summed E-state index contributed by atoms with van der Waals surface area (Å²) in [4.78, 5) is 4.00. The fraction of sp³-hybridized carbons (Fsp3) is 0.214. The first-order valence-corrected chi connectivity index (χ1v) is 7.84. The molecule has 0 bridgehead atoms. The third-order valence-electron chi connectivity index (χ3n) is 3.39. The van der Waals surface area contributed by atoms with Gasteiger partial charge in [-0.25, -0.2) is 8.42 Å². The zero-order chi connectivity index (χ0) is 14.2. The maximum atomic E-state index is 12.7. The highest BCUT2D eigenvalue weighted by Gasteiger charge is 2.29. The molecule has 0 saturated heterocycles. The molecule has 0 fully saturated rings. The Labute approximate surface area is 118 Å². The predicted molar refractivity (Wildman–Crippen MR) is 77.9 cm³/mol. The van der Waals surface area contributed by atoms with Crippen LogP contribution >= 0.6 is 0 Å². The summed E-state index contributed by atoms with van der Waals surface area (Å²) in [5, 5.41) is 0. The zero-order valence-electron chi connectivity index (χ0n) is 10.9. The second-order valence-electron chi connectivity index (χ2n) is 4.76. The topological polar surface area (TPSA) is 76.3 Å². The molecule has 0 unspecified atom stereocenters. The van der Waals surface area contributed by atoms with E-state index in [-0.39, 0.29) is 4.90 Å². The number of sulfonamides is 1. The number of aryl methyl sites for hydroxylation is 1. The molecule has 1 aromatic heterocycles. The monoisotopic (exact) mass is 289 g/mol. The first-order valence-electron chi connectivity index (χ1n) is 6.40. The molecule has 3 rings (SSSR count). The lowest BCUT2D eigenvalue weighted by atomic mass is 10.0. The Morgan fingerprint density at radius 1 is 1.20 bits per heavy atom. The van der Waals surface area contributed by atoms with Gasteiger partial charge in [0.05, 0.1) is 11.4 Å². The van der Waals surface area contributed by atoms with E-state index >= 15 is 0 Å². The SMILES string of the molecule is Nc1cncc(S(=O)(=O)N2CCCc3ccccc32)c1. The molecular weight excluding hydrogens is 274 g/mol. The van der Waals surface area contributed by atoms with E-state index in [2.05, 4.69) is 4.98 Å². The molecule has 0 atom stereocenters. The standard InChI is InChI=1S/C14H15N3O2S/c15-12-8-13(10-16-9-12)20(18,19)17-7-3-5-11-4-1-2-6-14(11)17/h1-2,4,6,8-10H,3,5,7,15H2. The minimum atomic E-state index is -3.61. The largest absolute Gasteiger partial charge is 0.397 e. The third kappa shape index (κ3) is 2.12. The molecule has 20 heavy (non-hydrogen) atoms. The minimum Gasteiger partial charge on any atom is -0.397 e. The van der Waals surface area contributed by atoms with Crippen molar-refractivity contribution in [1.82, 2.24) is 4.98 Å². The summed E-state index contributed by atoms with van der Waals surface area (Å²) in [5.74, 6) is 0. The van der Waals surface area contributed by atoms with E-state index in [1.165, 1.54) is 22.8 Å². The molecule has 5 nitrogen and oxygen atoms in total. The summed E-state index contributed by atoms with van der Waals surface area (Å²) >= 11 is 0. The van der Waals surface area contributed by atoms with E-state index in [4.69, 9.17) is 5.73 Å². The van der Waals surface area contributed by atoms with Crippen molar-refractivity contribution >= 4 is 21.4 Å². The Kier molecular flexibility index (Phi) is 3.10. The van der Waals surface area contributed by atoms with Crippen molar-refractivity contribution in [3.05, 3.63) is 48.3 Å². The van der Waals surface area contributed by atoms with Crippen LogP contribution in [0.4, 0.5) is 11.4 Å². The van der Waals surface area contributed by atoms with Gasteiger partial charge in [-0.05, 0) is 30.5 Å². The lowest BCUT2D eigenvalue weighted by molar-refractivity contribution is 0.586. The second-order valence-corrected chi connectivity index (χ2v) is 6.63. The third-order valence-corrected chi connectivity index (χ3v) is 5.17. The molecule has 104 valence electrons. The van der Waals surface area contributed by atoms with Crippen LogP contribution in [0.3, 0.4) is 0 Å². The van der Waals surface area contributed by atoms with Crippen LogP contribution in [-0.4, -0.2) is 19.9 Å². The lowest BCUT2D eigenvalue weighted by Gasteiger charge is -2.30. The lowest BCUT2D eigenvalue weighted by Crippen LogP contribution is -2.35. The Morgan fingerprint density at radius 3 is 2.80 bits per heavy atom. The fourth-order valence-electron chi connectivity index (χ4n) is 2.45. The van der Waals surface area contributed by atoms with Crippen LogP contribution in [0, 0.1) is 0 Å². The quantitative estimate of drug-likeness (QED) is 0.914. The minimum absolute atomic E-state index is 0.134. The van der Waals surface area contributed by atoms with Gasteiger partial charge in [0.15, 0.2) is 0 Å². The van der Waals surface area contributed by atoms with E-state index in [0.717, 1.165) is 24.1 Å². The Bertz CT molecular complexity index is 744. The van der Waals surface area contributed by atoms with Crippen LogP contribution < -0.4 is 10.0 Å². The fourth-order valence-corrected chi connectivity index (χ4v) is 3.99. The first-order chi connectivity index (χ1) is 9.59. The van der Waals surface area contributed by atoms with Gasteiger partial charge in [0.1, 0.15) is 4.90 Å². The average molecular weight is 289 g/mol. The molecule has 2 aromatic rings. The van der Waals surface area contributed by atoms with Crippen molar-refractivity contribution in [1.29, 1.82) is 0 Å². The number of para-hydroxylation sites is 1. The van der Waals surface area contributed by atoms with E-state index in [1.807, 2.05) is 24.3 Å². The number of nitrogens with two attached hydrogens (primary N) is 1. The normalized spacial score (nSPS) is 14.9. The molecule has 2 heterocycles.